The van der Waals surface area contributed by atoms with Crippen molar-refractivity contribution in [3.05, 3.63) is 65.9 Å². The maximum atomic E-state index is 12.3. The van der Waals surface area contributed by atoms with Gasteiger partial charge in [0, 0.05) is 12.1 Å². The van der Waals surface area contributed by atoms with Crippen LogP contribution < -0.4 is 10.9 Å². The first kappa shape index (κ1) is 16.3. The molecule has 0 aromatic carbocycles. The number of hydrogen-bond donors (Lipinski definition) is 1. The Hall–Kier alpha value is -4.15. The van der Waals surface area contributed by atoms with Crippen molar-refractivity contribution >= 4 is 11.7 Å². The van der Waals surface area contributed by atoms with Crippen LogP contribution in [0.3, 0.4) is 0 Å². The molecule has 0 unspecified atom stereocenters. The van der Waals surface area contributed by atoms with Gasteiger partial charge in [0.25, 0.3) is 5.56 Å². The molecule has 0 aliphatic rings. The van der Waals surface area contributed by atoms with Crippen LogP contribution in [0.25, 0.3) is 17.3 Å². The summed E-state index contributed by atoms with van der Waals surface area (Å²) in [5.41, 5.74) is 0.0364. The summed E-state index contributed by atoms with van der Waals surface area (Å²) in [7, 11) is 0. The van der Waals surface area contributed by atoms with Gasteiger partial charge in [-0.3, -0.25) is 9.59 Å². The molecule has 0 aliphatic carbocycles. The SMILES string of the molecule is O=C(Cn1nc(-c2ccco2)ccc1=O)Nc1cc(-n2cncn2)ncn1. The van der Waals surface area contributed by atoms with Crippen LogP contribution >= 0.6 is 0 Å². The van der Waals surface area contributed by atoms with E-state index in [4.69, 9.17) is 4.42 Å². The van der Waals surface area contributed by atoms with E-state index in [1.54, 1.807) is 12.1 Å². The Kier molecular flexibility index (Phi) is 4.23. The van der Waals surface area contributed by atoms with Crippen LogP contribution in [-0.4, -0.2) is 40.4 Å². The third-order valence-electron chi connectivity index (χ3n) is 3.51. The molecule has 11 heteroatoms. The molecule has 4 rings (SSSR count). The third kappa shape index (κ3) is 3.61. The molecule has 0 aliphatic heterocycles. The Balaban J connectivity index is 1.51. The van der Waals surface area contributed by atoms with Crippen molar-refractivity contribution in [3.8, 4) is 17.3 Å². The van der Waals surface area contributed by atoms with Crippen LogP contribution in [0.15, 0.2) is 64.8 Å². The van der Waals surface area contributed by atoms with E-state index < -0.39 is 11.5 Å². The zero-order valence-corrected chi connectivity index (χ0v) is 13.8. The summed E-state index contributed by atoms with van der Waals surface area (Å²) in [5.74, 6) is 0.727. The lowest BCUT2D eigenvalue weighted by Crippen LogP contribution is -2.29. The van der Waals surface area contributed by atoms with E-state index in [1.807, 2.05) is 0 Å². The van der Waals surface area contributed by atoms with Gasteiger partial charge in [0.05, 0.1) is 6.26 Å². The van der Waals surface area contributed by atoms with Gasteiger partial charge >= 0.3 is 0 Å². The molecule has 0 bridgehead atoms. The number of furan rings is 1. The highest BCUT2D eigenvalue weighted by Crippen LogP contribution is 2.15. The minimum Gasteiger partial charge on any atom is -0.463 e. The van der Waals surface area contributed by atoms with Gasteiger partial charge in [0.1, 0.15) is 37.0 Å². The molecule has 11 nitrogen and oxygen atoms in total. The predicted molar refractivity (Wildman–Crippen MR) is 91.8 cm³/mol. The topological polar surface area (TPSA) is 134 Å². The number of carbonyl (C=O) groups excluding carboxylic acids is 1. The molecule has 0 saturated carbocycles. The van der Waals surface area contributed by atoms with Crippen molar-refractivity contribution < 1.29 is 9.21 Å². The number of rotatable bonds is 5. The van der Waals surface area contributed by atoms with E-state index in [0.717, 1.165) is 4.68 Å². The minimum atomic E-state index is -0.468. The van der Waals surface area contributed by atoms with E-state index in [1.165, 1.54) is 48.1 Å². The van der Waals surface area contributed by atoms with Crippen molar-refractivity contribution in [2.75, 3.05) is 5.32 Å². The van der Waals surface area contributed by atoms with Gasteiger partial charge in [-0.1, -0.05) is 0 Å². The van der Waals surface area contributed by atoms with Crippen molar-refractivity contribution in [1.29, 1.82) is 0 Å². The lowest BCUT2D eigenvalue weighted by atomic mass is 10.3. The number of anilines is 1. The Morgan fingerprint density at radius 2 is 2.11 bits per heavy atom. The monoisotopic (exact) mass is 364 g/mol. The van der Waals surface area contributed by atoms with E-state index in [2.05, 4.69) is 30.5 Å². The number of nitrogens with zero attached hydrogens (tertiary/aromatic N) is 7. The summed E-state index contributed by atoms with van der Waals surface area (Å²) in [6, 6.07) is 7.81. The lowest BCUT2D eigenvalue weighted by molar-refractivity contribution is -0.117. The summed E-state index contributed by atoms with van der Waals surface area (Å²) in [6.07, 6.45) is 5.62. The summed E-state index contributed by atoms with van der Waals surface area (Å²) >= 11 is 0. The Morgan fingerprint density at radius 1 is 1.19 bits per heavy atom. The second-order valence-electron chi connectivity index (χ2n) is 5.34. The smallest absolute Gasteiger partial charge is 0.267 e. The van der Waals surface area contributed by atoms with Gasteiger partial charge in [0.15, 0.2) is 11.6 Å². The fourth-order valence-electron chi connectivity index (χ4n) is 2.30. The first-order valence-electron chi connectivity index (χ1n) is 7.78. The first-order chi connectivity index (χ1) is 13.2. The molecule has 27 heavy (non-hydrogen) atoms. The fourth-order valence-corrected chi connectivity index (χ4v) is 2.30. The molecule has 1 N–H and O–H groups in total. The molecular weight excluding hydrogens is 352 g/mol. The van der Waals surface area contributed by atoms with Crippen LogP contribution in [0.2, 0.25) is 0 Å². The molecule has 1 amide bonds. The average Bonchev–Trinajstić information content (AvgIpc) is 3.38. The van der Waals surface area contributed by atoms with Crippen LogP contribution in [0, 0.1) is 0 Å². The van der Waals surface area contributed by atoms with Gasteiger partial charge in [0.2, 0.25) is 5.91 Å². The molecular formula is C16H12N8O3. The molecule has 0 atom stereocenters. The predicted octanol–water partition coefficient (Wildman–Crippen LogP) is 0.513. The third-order valence-corrected chi connectivity index (χ3v) is 3.51. The maximum absolute atomic E-state index is 12.3. The number of carbonyl (C=O) groups is 1. The minimum absolute atomic E-state index is 0.260. The Morgan fingerprint density at radius 3 is 2.89 bits per heavy atom. The quantitative estimate of drug-likeness (QED) is 0.541. The number of aromatic nitrogens is 7. The van der Waals surface area contributed by atoms with Gasteiger partial charge in [-0.15, -0.1) is 0 Å². The highest BCUT2D eigenvalue weighted by molar-refractivity contribution is 5.89. The second-order valence-corrected chi connectivity index (χ2v) is 5.34. The van der Waals surface area contributed by atoms with E-state index in [9.17, 15) is 9.59 Å². The molecule has 134 valence electrons. The van der Waals surface area contributed by atoms with E-state index in [-0.39, 0.29) is 12.4 Å². The Labute approximate surface area is 151 Å². The largest absolute Gasteiger partial charge is 0.463 e. The highest BCUT2D eigenvalue weighted by atomic mass is 16.3. The van der Waals surface area contributed by atoms with Crippen LogP contribution in [-0.2, 0) is 11.3 Å². The summed E-state index contributed by atoms with van der Waals surface area (Å²) in [4.78, 5) is 36.2. The number of amides is 1. The summed E-state index contributed by atoms with van der Waals surface area (Å²) in [6.45, 7) is -0.282. The molecule has 0 spiro atoms. The van der Waals surface area contributed by atoms with Crippen molar-refractivity contribution in [2.24, 2.45) is 0 Å². The van der Waals surface area contributed by atoms with Gasteiger partial charge in [-0.25, -0.2) is 24.3 Å². The lowest BCUT2D eigenvalue weighted by Gasteiger charge is -2.07. The maximum Gasteiger partial charge on any atom is 0.267 e. The van der Waals surface area contributed by atoms with E-state index >= 15 is 0 Å². The zero-order chi connectivity index (χ0) is 18.6. The zero-order valence-electron chi connectivity index (χ0n) is 13.8. The molecule has 0 fully saturated rings. The normalized spacial score (nSPS) is 10.7. The molecule has 0 radical (unpaired) electrons. The van der Waals surface area contributed by atoms with Crippen molar-refractivity contribution in [1.82, 2.24) is 34.5 Å². The molecule has 0 saturated heterocycles. The molecule has 4 heterocycles. The molecule has 4 aromatic rings. The van der Waals surface area contributed by atoms with Crippen LogP contribution in [0.4, 0.5) is 5.82 Å². The Bertz CT molecular complexity index is 1120. The second kappa shape index (κ2) is 7.00. The van der Waals surface area contributed by atoms with Crippen molar-refractivity contribution in [3.63, 3.8) is 0 Å². The number of hydrogen-bond acceptors (Lipinski definition) is 8. The van der Waals surface area contributed by atoms with E-state index in [0.29, 0.717) is 17.3 Å². The number of nitrogens with one attached hydrogen (secondary N) is 1. The standard InChI is InChI=1S/C16H12N8O3/c25-15(21-13-6-14(19-9-18-13)24-10-17-8-20-24)7-23-16(26)4-3-11(22-23)12-2-1-5-27-12/h1-6,8-10H,7H2,(H,18,19,21,25). The van der Waals surface area contributed by atoms with Gasteiger partial charge in [-0.2, -0.15) is 10.2 Å². The van der Waals surface area contributed by atoms with Crippen LogP contribution in [0.5, 0.6) is 0 Å². The first-order valence-corrected chi connectivity index (χ1v) is 7.78. The summed E-state index contributed by atoms with van der Waals surface area (Å²) in [5, 5.41) is 10.7. The average molecular weight is 364 g/mol. The fraction of sp³-hybridized carbons (Fsp3) is 0.0625. The van der Waals surface area contributed by atoms with Crippen molar-refractivity contribution in [2.45, 2.75) is 6.54 Å². The van der Waals surface area contributed by atoms with Gasteiger partial charge in [-0.05, 0) is 18.2 Å². The summed E-state index contributed by atoms with van der Waals surface area (Å²) < 4.78 is 7.73. The van der Waals surface area contributed by atoms with Crippen LogP contribution in [0.1, 0.15) is 0 Å². The highest BCUT2D eigenvalue weighted by Gasteiger charge is 2.11. The van der Waals surface area contributed by atoms with Gasteiger partial charge < -0.3 is 9.73 Å². The molecule has 4 aromatic heterocycles.